The van der Waals surface area contributed by atoms with Crippen LogP contribution in [0.4, 0.5) is 23.1 Å². The Balaban J connectivity index is 2.01. The lowest BCUT2D eigenvalue weighted by molar-refractivity contribution is -0.385. The van der Waals surface area contributed by atoms with Gasteiger partial charge in [-0.3, -0.25) is 15.1 Å². The molecule has 3 aromatic rings. The van der Waals surface area contributed by atoms with Gasteiger partial charge in [0.15, 0.2) is 0 Å². The van der Waals surface area contributed by atoms with Gasteiger partial charge in [0.05, 0.1) is 28.5 Å². The minimum absolute atomic E-state index is 0.0243. The van der Waals surface area contributed by atoms with Crippen LogP contribution >= 0.6 is 0 Å². The van der Waals surface area contributed by atoms with Gasteiger partial charge in [-0.25, -0.2) is 4.98 Å². The summed E-state index contributed by atoms with van der Waals surface area (Å²) >= 11 is 0. The Bertz CT molecular complexity index is 981. The van der Waals surface area contributed by atoms with Crippen molar-refractivity contribution >= 4 is 23.1 Å². The number of nitro groups is 1. The molecular formula is C19H20N6O3. The fraction of sp³-hybridized carbons (Fsp3) is 0.211. The van der Waals surface area contributed by atoms with Crippen LogP contribution in [0, 0.1) is 17.0 Å². The Labute approximate surface area is 161 Å². The molecule has 0 saturated carbocycles. The molecule has 0 spiro atoms. The zero-order valence-corrected chi connectivity index (χ0v) is 15.5. The van der Waals surface area contributed by atoms with E-state index in [1.165, 1.54) is 6.07 Å². The fourth-order valence-electron chi connectivity index (χ4n) is 2.58. The Kier molecular flexibility index (Phi) is 5.75. The number of rotatable bonds is 7. The Morgan fingerprint density at radius 3 is 2.68 bits per heavy atom. The second-order valence-corrected chi connectivity index (χ2v) is 6.24. The van der Waals surface area contributed by atoms with Gasteiger partial charge in [-0.05, 0) is 32.0 Å². The van der Waals surface area contributed by atoms with Crippen molar-refractivity contribution in [1.82, 2.24) is 15.0 Å². The van der Waals surface area contributed by atoms with Crippen LogP contribution in [0.15, 0.2) is 48.7 Å². The molecule has 0 fully saturated rings. The first-order chi connectivity index (χ1) is 13.5. The largest absolute Gasteiger partial charge is 0.394 e. The van der Waals surface area contributed by atoms with Gasteiger partial charge in [-0.2, -0.15) is 4.98 Å². The third-order valence-corrected chi connectivity index (χ3v) is 4.07. The molecule has 28 heavy (non-hydrogen) atoms. The van der Waals surface area contributed by atoms with E-state index in [0.29, 0.717) is 34.4 Å². The molecule has 0 bridgehead atoms. The van der Waals surface area contributed by atoms with Crippen LogP contribution in [0.3, 0.4) is 0 Å². The van der Waals surface area contributed by atoms with E-state index < -0.39 is 4.92 Å². The van der Waals surface area contributed by atoms with Crippen LogP contribution in [0.5, 0.6) is 0 Å². The van der Waals surface area contributed by atoms with Crippen molar-refractivity contribution in [2.75, 3.05) is 17.2 Å². The standard InChI is InChI=1S/C19H20N6O3/c1-12(11-26)21-19-23-16(15-6-3-4-9-20-15)10-18(24-19)22-14-7-5-8-17(13(14)2)25(27)28/h3-10,12,26H,11H2,1-2H3,(H2,21,22,23,24)/t12-/m1/s1. The van der Waals surface area contributed by atoms with Gasteiger partial charge in [0, 0.05) is 30.1 Å². The van der Waals surface area contributed by atoms with Crippen LogP contribution in [-0.4, -0.2) is 37.6 Å². The average Bonchev–Trinajstić information content (AvgIpc) is 2.69. The maximum Gasteiger partial charge on any atom is 0.274 e. The predicted octanol–water partition coefficient (Wildman–Crippen LogP) is 3.29. The second kappa shape index (κ2) is 8.40. The third-order valence-electron chi connectivity index (χ3n) is 4.07. The van der Waals surface area contributed by atoms with Crippen LogP contribution in [0.1, 0.15) is 12.5 Å². The number of benzene rings is 1. The summed E-state index contributed by atoms with van der Waals surface area (Å²) in [6.45, 7) is 3.40. The number of anilines is 3. The number of hydrogen-bond acceptors (Lipinski definition) is 8. The molecule has 0 radical (unpaired) electrons. The number of nitrogens with zero attached hydrogens (tertiary/aromatic N) is 4. The molecule has 0 saturated heterocycles. The Morgan fingerprint density at radius 1 is 1.18 bits per heavy atom. The Hall–Kier alpha value is -3.59. The lowest BCUT2D eigenvalue weighted by Crippen LogP contribution is -2.21. The summed E-state index contributed by atoms with van der Waals surface area (Å²) in [5.41, 5.74) is 2.33. The van der Waals surface area contributed by atoms with Crippen molar-refractivity contribution < 1.29 is 10.0 Å². The number of pyridine rings is 1. The summed E-state index contributed by atoms with van der Waals surface area (Å²) in [5.74, 6) is 0.766. The maximum atomic E-state index is 11.2. The van der Waals surface area contributed by atoms with Crippen LogP contribution in [-0.2, 0) is 0 Å². The summed E-state index contributed by atoms with van der Waals surface area (Å²) in [6, 6.07) is 11.8. The van der Waals surface area contributed by atoms with E-state index >= 15 is 0 Å². The number of nitrogens with one attached hydrogen (secondary N) is 2. The highest BCUT2D eigenvalue weighted by molar-refractivity contribution is 5.69. The minimum atomic E-state index is -0.421. The SMILES string of the molecule is Cc1c(Nc2cc(-c3ccccn3)nc(N[C@H](C)CO)n2)cccc1[N+](=O)[O-]. The number of aliphatic hydroxyl groups excluding tert-OH is 1. The highest BCUT2D eigenvalue weighted by Crippen LogP contribution is 2.28. The van der Waals surface area contributed by atoms with E-state index in [-0.39, 0.29) is 18.3 Å². The molecule has 3 N–H and O–H groups in total. The quantitative estimate of drug-likeness (QED) is 0.421. The summed E-state index contributed by atoms with van der Waals surface area (Å²) in [7, 11) is 0. The molecule has 1 aromatic carbocycles. The van der Waals surface area contributed by atoms with Gasteiger partial charge in [-0.1, -0.05) is 12.1 Å². The first kappa shape index (κ1) is 19.2. The first-order valence-electron chi connectivity index (χ1n) is 8.67. The molecule has 0 aliphatic heterocycles. The lowest BCUT2D eigenvalue weighted by atomic mass is 10.1. The normalized spacial score (nSPS) is 11.7. The van der Waals surface area contributed by atoms with Crippen molar-refractivity contribution in [1.29, 1.82) is 0 Å². The lowest BCUT2D eigenvalue weighted by Gasteiger charge is -2.15. The van der Waals surface area contributed by atoms with Crippen LogP contribution in [0.25, 0.3) is 11.4 Å². The highest BCUT2D eigenvalue weighted by Gasteiger charge is 2.15. The number of aliphatic hydroxyl groups is 1. The molecule has 0 amide bonds. The summed E-state index contributed by atoms with van der Waals surface area (Å²) < 4.78 is 0. The highest BCUT2D eigenvalue weighted by atomic mass is 16.6. The molecule has 0 aliphatic rings. The minimum Gasteiger partial charge on any atom is -0.394 e. The van der Waals surface area contributed by atoms with Crippen molar-refractivity contribution in [2.24, 2.45) is 0 Å². The molecule has 2 aromatic heterocycles. The Morgan fingerprint density at radius 2 is 2.00 bits per heavy atom. The van der Waals surface area contributed by atoms with Crippen molar-refractivity contribution in [3.05, 3.63) is 64.3 Å². The molecule has 144 valence electrons. The van der Waals surface area contributed by atoms with Crippen LogP contribution in [0.2, 0.25) is 0 Å². The topological polar surface area (TPSA) is 126 Å². The van der Waals surface area contributed by atoms with Crippen molar-refractivity contribution in [3.8, 4) is 11.4 Å². The van der Waals surface area contributed by atoms with Crippen molar-refractivity contribution in [2.45, 2.75) is 19.9 Å². The monoisotopic (exact) mass is 380 g/mol. The number of aromatic nitrogens is 3. The van der Waals surface area contributed by atoms with E-state index in [4.69, 9.17) is 0 Å². The van der Waals surface area contributed by atoms with Gasteiger partial charge in [0.1, 0.15) is 5.82 Å². The molecule has 9 heteroatoms. The fourth-order valence-corrected chi connectivity index (χ4v) is 2.58. The van der Waals surface area contributed by atoms with Gasteiger partial charge >= 0.3 is 0 Å². The zero-order valence-electron chi connectivity index (χ0n) is 15.5. The van der Waals surface area contributed by atoms with Gasteiger partial charge in [0.25, 0.3) is 5.69 Å². The van der Waals surface area contributed by atoms with Gasteiger partial charge in [0.2, 0.25) is 5.95 Å². The molecule has 0 aliphatic carbocycles. The van der Waals surface area contributed by atoms with E-state index in [1.807, 2.05) is 18.2 Å². The van der Waals surface area contributed by atoms with Gasteiger partial charge in [-0.15, -0.1) is 0 Å². The predicted molar refractivity (Wildman–Crippen MR) is 107 cm³/mol. The molecule has 0 unspecified atom stereocenters. The zero-order chi connectivity index (χ0) is 20.1. The number of nitro benzene ring substituents is 1. The maximum absolute atomic E-state index is 11.2. The molecule has 1 atom stereocenters. The second-order valence-electron chi connectivity index (χ2n) is 6.24. The third kappa shape index (κ3) is 4.38. The van der Waals surface area contributed by atoms with Gasteiger partial charge < -0.3 is 15.7 Å². The van der Waals surface area contributed by atoms with Crippen LogP contribution < -0.4 is 10.6 Å². The van der Waals surface area contributed by atoms with E-state index in [9.17, 15) is 15.2 Å². The molecule has 2 heterocycles. The molecular weight excluding hydrogens is 360 g/mol. The first-order valence-corrected chi connectivity index (χ1v) is 8.67. The summed E-state index contributed by atoms with van der Waals surface area (Å²) in [4.78, 5) is 23.9. The average molecular weight is 380 g/mol. The van der Waals surface area contributed by atoms with E-state index in [0.717, 1.165) is 0 Å². The number of hydrogen-bond donors (Lipinski definition) is 3. The van der Waals surface area contributed by atoms with Crippen molar-refractivity contribution in [3.63, 3.8) is 0 Å². The molecule has 3 rings (SSSR count). The van der Waals surface area contributed by atoms with E-state index in [1.54, 1.807) is 38.2 Å². The smallest absolute Gasteiger partial charge is 0.274 e. The summed E-state index contributed by atoms with van der Waals surface area (Å²) in [5, 5.41) is 26.6. The summed E-state index contributed by atoms with van der Waals surface area (Å²) in [6.07, 6.45) is 1.67. The van der Waals surface area contributed by atoms with E-state index in [2.05, 4.69) is 25.6 Å². The molecule has 9 nitrogen and oxygen atoms in total.